The van der Waals surface area contributed by atoms with Crippen molar-refractivity contribution in [3.63, 3.8) is 0 Å². The molecule has 0 spiro atoms. The normalized spacial score (nSPS) is 14.7. The largest absolute Gasteiger partial charge is 0.459 e. The number of halogens is 2. The molecule has 1 aliphatic heterocycles. The van der Waals surface area contributed by atoms with Crippen LogP contribution in [0, 0.1) is 5.92 Å². The van der Waals surface area contributed by atoms with Crippen LogP contribution in [0.15, 0.2) is 47.2 Å². The summed E-state index contributed by atoms with van der Waals surface area (Å²) in [4.78, 5) is 32.0. The first-order valence-electron chi connectivity index (χ1n) is 9.52. The van der Waals surface area contributed by atoms with Gasteiger partial charge >= 0.3 is 0 Å². The van der Waals surface area contributed by atoms with Crippen LogP contribution in [0.5, 0.6) is 0 Å². The van der Waals surface area contributed by atoms with Crippen molar-refractivity contribution in [1.82, 2.24) is 9.88 Å². The standard InChI is InChI=1S/C21H19Cl2N3O3S/c22-16-4-1-3-14(18(16)23)11-15-12-24-21(30-15)25-19(27)13-6-8-26(9-7-13)20(28)17-5-2-10-29-17/h1-5,10,12-13H,6-9,11H2,(H,24,25,27). The van der Waals surface area contributed by atoms with E-state index in [4.69, 9.17) is 27.6 Å². The van der Waals surface area contributed by atoms with Gasteiger partial charge in [-0.25, -0.2) is 4.98 Å². The van der Waals surface area contributed by atoms with Gasteiger partial charge in [-0.15, -0.1) is 11.3 Å². The quantitative estimate of drug-likeness (QED) is 0.569. The molecule has 3 heterocycles. The molecule has 1 aromatic carbocycles. The second-order valence-corrected chi connectivity index (χ2v) is 8.95. The van der Waals surface area contributed by atoms with Gasteiger partial charge in [-0.2, -0.15) is 0 Å². The third kappa shape index (κ3) is 4.69. The lowest BCUT2D eigenvalue weighted by molar-refractivity contribution is -0.121. The fourth-order valence-electron chi connectivity index (χ4n) is 3.43. The fraction of sp³-hybridized carbons (Fsp3) is 0.286. The molecule has 3 aromatic rings. The molecule has 4 rings (SSSR count). The van der Waals surface area contributed by atoms with E-state index in [2.05, 4.69) is 10.3 Å². The van der Waals surface area contributed by atoms with Crippen LogP contribution in [0.2, 0.25) is 10.0 Å². The van der Waals surface area contributed by atoms with E-state index in [0.29, 0.717) is 53.3 Å². The lowest BCUT2D eigenvalue weighted by atomic mass is 9.96. The summed E-state index contributed by atoms with van der Waals surface area (Å²) in [5.74, 6) is -0.0294. The molecule has 9 heteroatoms. The van der Waals surface area contributed by atoms with Gasteiger partial charge in [0.2, 0.25) is 5.91 Å². The number of furan rings is 1. The number of hydrogen-bond acceptors (Lipinski definition) is 5. The number of nitrogens with one attached hydrogen (secondary N) is 1. The summed E-state index contributed by atoms with van der Waals surface area (Å²) >= 11 is 13.7. The van der Waals surface area contributed by atoms with Gasteiger partial charge in [-0.1, -0.05) is 35.3 Å². The average molecular weight is 464 g/mol. The molecular weight excluding hydrogens is 445 g/mol. The van der Waals surface area contributed by atoms with Crippen molar-refractivity contribution in [2.45, 2.75) is 19.3 Å². The zero-order chi connectivity index (χ0) is 21.1. The highest BCUT2D eigenvalue weighted by Crippen LogP contribution is 2.30. The van der Waals surface area contributed by atoms with Crippen molar-refractivity contribution in [3.05, 3.63) is 69.0 Å². The summed E-state index contributed by atoms with van der Waals surface area (Å²) in [7, 11) is 0. The minimum atomic E-state index is -0.152. The minimum absolute atomic E-state index is 0.0678. The number of piperidine rings is 1. The molecule has 0 aliphatic carbocycles. The van der Waals surface area contributed by atoms with Crippen LogP contribution in [-0.2, 0) is 11.2 Å². The monoisotopic (exact) mass is 463 g/mol. The Labute approximate surface area is 187 Å². The minimum Gasteiger partial charge on any atom is -0.459 e. The first-order chi connectivity index (χ1) is 14.5. The van der Waals surface area contributed by atoms with Crippen molar-refractivity contribution in [2.75, 3.05) is 18.4 Å². The SMILES string of the molecule is O=C(Nc1ncc(Cc2cccc(Cl)c2Cl)s1)C1CCN(C(=O)c2ccco2)CC1. The molecule has 0 radical (unpaired) electrons. The Bertz CT molecular complexity index is 1040. The highest BCUT2D eigenvalue weighted by atomic mass is 35.5. The number of anilines is 1. The van der Waals surface area contributed by atoms with Crippen LogP contribution in [0.25, 0.3) is 0 Å². The summed E-state index contributed by atoms with van der Waals surface area (Å²) in [6, 6.07) is 8.87. The average Bonchev–Trinajstić information content (AvgIpc) is 3.43. The maximum absolute atomic E-state index is 12.6. The van der Waals surface area contributed by atoms with Gasteiger partial charge in [0, 0.05) is 36.5 Å². The molecule has 1 fully saturated rings. The highest BCUT2D eigenvalue weighted by Gasteiger charge is 2.29. The molecule has 30 heavy (non-hydrogen) atoms. The van der Waals surface area contributed by atoms with Crippen molar-refractivity contribution >= 4 is 51.5 Å². The lowest BCUT2D eigenvalue weighted by Crippen LogP contribution is -2.41. The summed E-state index contributed by atoms with van der Waals surface area (Å²) in [6.07, 6.45) is 5.03. The van der Waals surface area contributed by atoms with Crippen molar-refractivity contribution in [1.29, 1.82) is 0 Å². The van der Waals surface area contributed by atoms with Crippen LogP contribution in [0.3, 0.4) is 0 Å². The second kappa shape index (κ2) is 9.20. The number of rotatable bonds is 5. The fourth-order valence-corrected chi connectivity index (χ4v) is 4.65. The second-order valence-electron chi connectivity index (χ2n) is 7.05. The van der Waals surface area contributed by atoms with Gasteiger partial charge < -0.3 is 14.6 Å². The van der Waals surface area contributed by atoms with E-state index in [1.54, 1.807) is 29.3 Å². The van der Waals surface area contributed by atoms with E-state index in [1.807, 2.05) is 12.1 Å². The van der Waals surface area contributed by atoms with E-state index in [-0.39, 0.29) is 17.7 Å². The zero-order valence-corrected chi connectivity index (χ0v) is 18.3. The summed E-state index contributed by atoms with van der Waals surface area (Å²) in [6.45, 7) is 1.04. The Morgan fingerprint density at radius 2 is 2.00 bits per heavy atom. The number of benzene rings is 1. The Morgan fingerprint density at radius 3 is 2.73 bits per heavy atom. The van der Waals surface area contributed by atoms with Crippen molar-refractivity contribution in [2.24, 2.45) is 5.92 Å². The first kappa shape index (κ1) is 20.9. The van der Waals surface area contributed by atoms with Crippen molar-refractivity contribution < 1.29 is 14.0 Å². The summed E-state index contributed by atoms with van der Waals surface area (Å²) in [5, 5.41) is 4.51. The number of likely N-dealkylation sites (tertiary alicyclic amines) is 1. The smallest absolute Gasteiger partial charge is 0.289 e. The van der Waals surface area contributed by atoms with Gasteiger partial charge in [0.1, 0.15) is 0 Å². The molecule has 0 bridgehead atoms. The van der Waals surface area contributed by atoms with Gasteiger partial charge in [-0.05, 0) is 36.6 Å². The van der Waals surface area contributed by atoms with Crippen LogP contribution in [-0.4, -0.2) is 34.8 Å². The third-order valence-corrected chi connectivity index (χ3v) is 6.84. The van der Waals surface area contributed by atoms with E-state index in [0.717, 1.165) is 10.4 Å². The number of carbonyl (C=O) groups is 2. The van der Waals surface area contributed by atoms with Gasteiger partial charge in [0.15, 0.2) is 10.9 Å². The number of aromatic nitrogens is 1. The Hall–Kier alpha value is -2.35. The van der Waals surface area contributed by atoms with Crippen LogP contribution in [0.1, 0.15) is 33.8 Å². The summed E-state index contributed by atoms with van der Waals surface area (Å²) in [5.41, 5.74) is 0.916. The molecule has 156 valence electrons. The molecule has 1 aliphatic rings. The molecule has 0 atom stereocenters. The summed E-state index contributed by atoms with van der Waals surface area (Å²) < 4.78 is 5.17. The van der Waals surface area contributed by atoms with Gasteiger partial charge in [0.25, 0.3) is 5.91 Å². The third-order valence-electron chi connectivity index (χ3n) is 5.06. The topological polar surface area (TPSA) is 75.4 Å². The maximum Gasteiger partial charge on any atom is 0.289 e. The molecule has 0 unspecified atom stereocenters. The van der Waals surface area contributed by atoms with Gasteiger partial charge in [0.05, 0.1) is 16.3 Å². The van der Waals surface area contributed by atoms with E-state index in [9.17, 15) is 9.59 Å². The predicted octanol–water partition coefficient (Wildman–Crippen LogP) is 5.12. The van der Waals surface area contributed by atoms with E-state index in [1.165, 1.54) is 17.6 Å². The molecule has 2 amide bonds. The number of carbonyl (C=O) groups excluding carboxylic acids is 2. The Kier molecular flexibility index (Phi) is 6.41. The maximum atomic E-state index is 12.6. The zero-order valence-electron chi connectivity index (χ0n) is 15.9. The molecule has 1 saturated heterocycles. The van der Waals surface area contributed by atoms with Crippen LogP contribution >= 0.6 is 34.5 Å². The highest BCUT2D eigenvalue weighted by molar-refractivity contribution is 7.15. The number of nitrogens with zero attached hydrogens (tertiary/aromatic N) is 2. The van der Waals surface area contributed by atoms with Crippen LogP contribution in [0.4, 0.5) is 5.13 Å². The van der Waals surface area contributed by atoms with E-state index < -0.39 is 0 Å². The molecule has 2 aromatic heterocycles. The molecular formula is C21H19Cl2N3O3S. The number of hydrogen-bond donors (Lipinski definition) is 1. The molecule has 0 saturated carbocycles. The van der Waals surface area contributed by atoms with E-state index >= 15 is 0 Å². The number of thiazole rings is 1. The molecule has 6 nitrogen and oxygen atoms in total. The van der Waals surface area contributed by atoms with Crippen molar-refractivity contribution in [3.8, 4) is 0 Å². The Balaban J connectivity index is 1.31. The van der Waals surface area contributed by atoms with Gasteiger partial charge in [-0.3, -0.25) is 9.59 Å². The molecule has 1 N–H and O–H groups in total. The van der Waals surface area contributed by atoms with Crippen LogP contribution < -0.4 is 5.32 Å². The number of amides is 2. The first-order valence-corrected chi connectivity index (χ1v) is 11.1. The lowest BCUT2D eigenvalue weighted by Gasteiger charge is -2.30. The predicted molar refractivity (Wildman–Crippen MR) is 117 cm³/mol. The Morgan fingerprint density at radius 1 is 1.20 bits per heavy atom.